The minimum Gasteiger partial charge on any atom is -0.399 e. The summed E-state index contributed by atoms with van der Waals surface area (Å²) in [5, 5.41) is 7.57. The van der Waals surface area contributed by atoms with Crippen molar-refractivity contribution in [1.82, 2.24) is 9.88 Å². The van der Waals surface area contributed by atoms with Crippen molar-refractivity contribution in [2.24, 2.45) is 11.1 Å². The zero-order valence-electron chi connectivity index (χ0n) is 17.6. The summed E-state index contributed by atoms with van der Waals surface area (Å²) in [6.07, 6.45) is 3.42. The molecule has 1 aromatic heterocycles. The van der Waals surface area contributed by atoms with Crippen LogP contribution in [0.4, 0.5) is 11.4 Å². The van der Waals surface area contributed by atoms with Gasteiger partial charge in [0.1, 0.15) is 12.8 Å². The molecule has 2 aromatic carbocycles. The number of aromatic nitrogens is 1. The second-order valence-electron chi connectivity index (χ2n) is 7.51. The molecule has 3 aromatic rings. The molecule has 0 radical (unpaired) electrons. The SMILES string of the molecule is CO/N=C(/c1ccccn1)C1CCN(C(=O)c2ccc(Nc3ccccc3)cc2)CC1. The van der Waals surface area contributed by atoms with Crippen molar-refractivity contribution in [3.63, 3.8) is 0 Å². The maximum atomic E-state index is 13.0. The van der Waals surface area contributed by atoms with Gasteiger partial charge in [0.15, 0.2) is 0 Å². The van der Waals surface area contributed by atoms with Crippen LogP contribution in [0.1, 0.15) is 28.9 Å². The van der Waals surface area contributed by atoms with E-state index in [-0.39, 0.29) is 11.8 Å². The third-order valence-electron chi connectivity index (χ3n) is 5.48. The molecule has 0 bridgehead atoms. The van der Waals surface area contributed by atoms with E-state index >= 15 is 0 Å². The molecule has 0 aliphatic carbocycles. The van der Waals surface area contributed by atoms with Crippen molar-refractivity contribution in [2.45, 2.75) is 12.8 Å². The first-order chi connectivity index (χ1) is 15.2. The van der Waals surface area contributed by atoms with E-state index in [1.165, 1.54) is 0 Å². The Bertz CT molecular complexity index is 1010. The lowest BCUT2D eigenvalue weighted by Crippen LogP contribution is -2.40. The lowest BCUT2D eigenvalue weighted by molar-refractivity contribution is 0.0709. The summed E-state index contributed by atoms with van der Waals surface area (Å²) in [7, 11) is 1.55. The zero-order valence-corrected chi connectivity index (χ0v) is 17.6. The molecule has 1 amide bonds. The number of amides is 1. The molecule has 31 heavy (non-hydrogen) atoms. The Morgan fingerprint density at radius 2 is 1.65 bits per heavy atom. The summed E-state index contributed by atoms with van der Waals surface area (Å²) >= 11 is 0. The molecular weight excluding hydrogens is 388 g/mol. The number of carbonyl (C=O) groups is 1. The van der Waals surface area contributed by atoms with Crippen LogP contribution in [-0.2, 0) is 4.84 Å². The van der Waals surface area contributed by atoms with Gasteiger partial charge in [-0.05, 0) is 61.4 Å². The quantitative estimate of drug-likeness (QED) is 0.468. The summed E-state index contributed by atoms with van der Waals surface area (Å²) in [6, 6.07) is 23.4. The van der Waals surface area contributed by atoms with Crippen LogP contribution >= 0.6 is 0 Å². The van der Waals surface area contributed by atoms with Gasteiger partial charge in [-0.1, -0.05) is 29.4 Å². The number of hydrogen-bond acceptors (Lipinski definition) is 5. The van der Waals surface area contributed by atoms with Crippen LogP contribution in [0, 0.1) is 5.92 Å². The van der Waals surface area contributed by atoms with E-state index in [2.05, 4.69) is 15.5 Å². The Morgan fingerprint density at radius 1 is 0.968 bits per heavy atom. The highest BCUT2D eigenvalue weighted by Gasteiger charge is 2.28. The van der Waals surface area contributed by atoms with Gasteiger partial charge in [0.05, 0.1) is 5.69 Å². The third kappa shape index (κ3) is 5.09. The first-order valence-corrected chi connectivity index (χ1v) is 10.5. The van der Waals surface area contributed by atoms with Gasteiger partial charge in [-0.3, -0.25) is 9.78 Å². The number of carbonyl (C=O) groups excluding carboxylic acids is 1. The average molecular weight is 415 g/mol. The van der Waals surface area contributed by atoms with E-state index in [0.29, 0.717) is 18.7 Å². The molecule has 1 aliphatic rings. The molecule has 6 heteroatoms. The monoisotopic (exact) mass is 414 g/mol. The number of anilines is 2. The van der Waals surface area contributed by atoms with Crippen molar-refractivity contribution < 1.29 is 9.63 Å². The Balaban J connectivity index is 1.37. The molecule has 0 spiro atoms. The normalized spacial score (nSPS) is 14.9. The van der Waals surface area contributed by atoms with Crippen molar-refractivity contribution in [1.29, 1.82) is 0 Å². The molecule has 1 saturated heterocycles. The molecule has 1 aliphatic heterocycles. The van der Waals surface area contributed by atoms with Gasteiger partial charge in [0, 0.05) is 42.1 Å². The van der Waals surface area contributed by atoms with Crippen molar-refractivity contribution in [3.05, 3.63) is 90.3 Å². The summed E-state index contributed by atoms with van der Waals surface area (Å²) < 4.78 is 0. The van der Waals surface area contributed by atoms with Crippen LogP contribution < -0.4 is 5.32 Å². The predicted molar refractivity (Wildman–Crippen MR) is 123 cm³/mol. The van der Waals surface area contributed by atoms with Gasteiger partial charge >= 0.3 is 0 Å². The molecule has 0 atom stereocenters. The fraction of sp³-hybridized carbons (Fsp3) is 0.240. The molecule has 6 nitrogen and oxygen atoms in total. The lowest BCUT2D eigenvalue weighted by atomic mass is 9.89. The minimum atomic E-state index is 0.0628. The summed E-state index contributed by atoms with van der Waals surface area (Å²) in [6.45, 7) is 1.37. The first kappa shape index (κ1) is 20.6. The second kappa shape index (κ2) is 9.89. The lowest BCUT2D eigenvalue weighted by Gasteiger charge is -2.32. The van der Waals surface area contributed by atoms with Crippen LogP contribution in [0.25, 0.3) is 0 Å². The van der Waals surface area contributed by atoms with E-state index in [1.54, 1.807) is 13.3 Å². The molecule has 0 unspecified atom stereocenters. The summed E-state index contributed by atoms with van der Waals surface area (Å²) in [4.78, 5) is 24.4. The van der Waals surface area contributed by atoms with Gasteiger partial charge in [-0.25, -0.2) is 0 Å². The molecule has 1 fully saturated rings. The average Bonchev–Trinajstić information content (AvgIpc) is 2.84. The fourth-order valence-corrected chi connectivity index (χ4v) is 3.87. The molecule has 1 N–H and O–H groups in total. The second-order valence-corrected chi connectivity index (χ2v) is 7.51. The Morgan fingerprint density at radius 3 is 2.29 bits per heavy atom. The number of hydrogen-bond donors (Lipinski definition) is 1. The number of nitrogens with one attached hydrogen (secondary N) is 1. The molecule has 4 rings (SSSR count). The smallest absolute Gasteiger partial charge is 0.253 e. The van der Waals surface area contributed by atoms with E-state index in [9.17, 15) is 4.79 Å². The number of oxime groups is 1. The maximum Gasteiger partial charge on any atom is 0.253 e. The van der Waals surface area contributed by atoms with E-state index in [4.69, 9.17) is 4.84 Å². The van der Waals surface area contributed by atoms with Crippen LogP contribution in [0.2, 0.25) is 0 Å². The largest absolute Gasteiger partial charge is 0.399 e. The number of pyridine rings is 1. The molecule has 0 saturated carbocycles. The van der Waals surface area contributed by atoms with Gasteiger partial charge < -0.3 is 15.1 Å². The van der Waals surface area contributed by atoms with Crippen molar-refractivity contribution >= 4 is 23.0 Å². The Kier molecular flexibility index (Phi) is 6.57. The number of para-hydroxylation sites is 1. The van der Waals surface area contributed by atoms with Crippen molar-refractivity contribution in [3.8, 4) is 0 Å². The highest BCUT2D eigenvalue weighted by molar-refractivity contribution is 6.00. The van der Waals surface area contributed by atoms with Crippen molar-refractivity contribution in [2.75, 3.05) is 25.5 Å². The molecular formula is C25H26N4O2. The van der Waals surface area contributed by atoms with Gasteiger partial charge in [0.25, 0.3) is 5.91 Å². The van der Waals surface area contributed by atoms with Gasteiger partial charge in [0.2, 0.25) is 0 Å². The first-order valence-electron chi connectivity index (χ1n) is 10.5. The summed E-state index contributed by atoms with van der Waals surface area (Å²) in [5.41, 5.74) is 4.36. The van der Waals surface area contributed by atoms with Crippen LogP contribution in [-0.4, -0.2) is 41.7 Å². The molecule has 158 valence electrons. The van der Waals surface area contributed by atoms with Crippen LogP contribution in [0.5, 0.6) is 0 Å². The Labute approximate surface area is 182 Å². The van der Waals surface area contributed by atoms with Gasteiger partial charge in [-0.2, -0.15) is 0 Å². The molecule has 2 heterocycles. The number of nitrogens with zero attached hydrogens (tertiary/aromatic N) is 3. The number of benzene rings is 2. The Hall–Kier alpha value is -3.67. The predicted octanol–water partition coefficient (Wildman–Crippen LogP) is 4.73. The number of likely N-dealkylation sites (tertiary alicyclic amines) is 1. The highest BCUT2D eigenvalue weighted by atomic mass is 16.6. The van der Waals surface area contributed by atoms with E-state index in [1.807, 2.05) is 77.7 Å². The summed E-state index contributed by atoms with van der Waals surface area (Å²) in [5.74, 6) is 0.282. The topological polar surface area (TPSA) is 66.8 Å². The fourth-order valence-electron chi connectivity index (χ4n) is 3.87. The number of rotatable bonds is 6. The number of piperidine rings is 1. The minimum absolute atomic E-state index is 0.0628. The third-order valence-corrected chi connectivity index (χ3v) is 5.48. The maximum absolute atomic E-state index is 13.0. The van der Waals surface area contributed by atoms with E-state index < -0.39 is 0 Å². The van der Waals surface area contributed by atoms with E-state index in [0.717, 1.165) is 35.6 Å². The van der Waals surface area contributed by atoms with Crippen LogP contribution in [0.3, 0.4) is 0 Å². The highest BCUT2D eigenvalue weighted by Crippen LogP contribution is 2.24. The van der Waals surface area contributed by atoms with Crippen LogP contribution in [0.15, 0.2) is 84.1 Å². The zero-order chi connectivity index (χ0) is 21.5. The standard InChI is InChI=1S/C25H26N4O2/c1-31-28-24(23-9-5-6-16-26-23)19-14-17-29(18-15-19)25(30)20-10-12-22(13-11-20)27-21-7-3-2-4-8-21/h2-13,16,19,27H,14-15,17-18H2,1H3/b28-24+. The van der Waals surface area contributed by atoms with Gasteiger partial charge in [-0.15, -0.1) is 0 Å².